The van der Waals surface area contributed by atoms with E-state index < -0.39 is 0 Å². The lowest BCUT2D eigenvalue weighted by Gasteiger charge is -2.25. The van der Waals surface area contributed by atoms with Gasteiger partial charge >= 0.3 is 0 Å². The van der Waals surface area contributed by atoms with Crippen LogP contribution in [0.3, 0.4) is 0 Å². The highest BCUT2D eigenvalue weighted by atomic mass is 15.2. The van der Waals surface area contributed by atoms with Gasteiger partial charge in [-0.2, -0.15) is 0 Å². The van der Waals surface area contributed by atoms with Crippen molar-refractivity contribution in [2.45, 2.75) is 39.5 Å². The summed E-state index contributed by atoms with van der Waals surface area (Å²) in [5.74, 6) is 0.774. The van der Waals surface area contributed by atoms with Gasteiger partial charge in [-0.05, 0) is 53.0 Å². The SMILES string of the molecule is CNCCCCCCN(CCN(C)C)CC(C)C. The Kier molecular flexibility index (Phi) is 11.9. The van der Waals surface area contributed by atoms with E-state index in [2.05, 4.69) is 43.1 Å². The third-order valence-electron chi connectivity index (χ3n) is 3.14. The highest BCUT2D eigenvalue weighted by Gasteiger charge is 2.07. The summed E-state index contributed by atoms with van der Waals surface area (Å²) >= 11 is 0. The molecule has 0 aliphatic heterocycles. The first-order valence-corrected chi connectivity index (χ1v) is 7.58. The topological polar surface area (TPSA) is 18.5 Å². The zero-order chi connectivity index (χ0) is 13.8. The van der Waals surface area contributed by atoms with Crippen LogP contribution >= 0.6 is 0 Å². The molecule has 0 rings (SSSR count). The number of hydrogen-bond acceptors (Lipinski definition) is 3. The number of nitrogens with zero attached hydrogens (tertiary/aromatic N) is 2. The molecular weight excluding hydrogens is 222 g/mol. The molecule has 0 radical (unpaired) electrons. The van der Waals surface area contributed by atoms with Gasteiger partial charge in [0.15, 0.2) is 0 Å². The Morgan fingerprint density at radius 2 is 1.56 bits per heavy atom. The Morgan fingerprint density at radius 1 is 0.889 bits per heavy atom. The number of hydrogen-bond donors (Lipinski definition) is 1. The quantitative estimate of drug-likeness (QED) is 0.541. The molecular formula is C15H35N3. The fourth-order valence-electron chi connectivity index (χ4n) is 2.14. The summed E-state index contributed by atoms with van der Waals surface area (Å²) in [4.78, 5) is 4.91. The average molecular weight is 257 g/mol. The van der Waals surface area contributed by atoms with E-state index in [1.807, 2.05) is 7.05 Å². The van der Waals surface area contributed by atoms with Gasteiger partial charge in [0.25, 0.3) is 0 Å². The van der Waals surface area contributed by atoms with Crippen LogP contribution in [0.5, 0.6) is 0 Å². The highest BCUT2D eigenvalue weighted by Crippen LogP contribution is 2.04. The summed E-state index contributed by atoms with van der Waals surface area (Å²) in [6.07, 6.45) is 5.41. The van der Waals surface area contributed by atoms with E-state index in [0.717, 1.165) is 12.5 Å². The molecule has 0 aliphatic carbocycles. The zero-order valence-electron chi connectivity index (χ0n) is 13.3. The minimum atomic E-state index is 0.774. The highest BCUT2D eigenvalue weighted by molar-refractivity contribution is 4.62. The normalized spacial score (nSPS) is 12.0. The maximum absolute atomic E-state index is 3.21. The van der Waals surface area contributed by atoms with E-state index in [0.29, 0.717) is 0 Å². The van der Waals surface area contributed by atoms with Crippen molar-refractivity contribution in [1.82, 2.24) is 15.1 Å². The molecule has 0 unspecified atom stereocenters. The third kappa shape index (κ3) is 12.3. The largest absolute Gasteiger partial charge is 0.320 e. The summed E-state index contributed by atoms with van der Waals surface area (Å²) < 4.78 is 0. The Bertz CT molecular complexity index is 169. The summed E-state index contributed by atoms with van der Waals surface area (Å²) in [5.41, 5.74) is 0. The summed E-state index contributed by atoms with van der Waals surface area (Å²) in [6.45, 7) is 10.7. The van der Waals surface area contributed by atoms with Crippen LogP contribution in [0.1, 0.15) is 39.5 Å². The molecule has 1 N–H and O–H groups in total. The van der Waals surface area contributed by atoms with E-state index in [-0.39, 0.29) is 0 Å². The first-order chi connectivity index (χ1) is 8.56. The van der Waals surface area contributed by atoms with E-state index in [4.69, 9.17) is 0 Å². The van der Waals surface area contributed by atoms with Gasteiger partial charge < -0.3 is 15.1 Å². The van der Waals surface area contributed by atoms with Crippen LogP contribution in [-0.2, 0) is 0 Å². The van der Waals surface area contributed by atoms with Gasteiger partial charge in [-0.1, -0.05) is 26.7 Å². The number of likely N-dealkylation sites (N-methyl/N-ethyl adjacent to an activating group) is 1. The molecule has 0 saturated heterocycles. The van der Waals surface area contributed by atoms with Gasteiger partial charge in [0.1, 0.15) is 0 Å². The van der Waals surface area contributed by atoms with E-state index in [1.165, 1.54) is 51.9 Å². The Labute approximate surface area is 115 Å². The van der Waals surface area contributed by atoms with E-state index >= 15 is 0 Å². The van der Waals surface area contributed by atoms with Crippen LogP contribution in [0.15, 0.2) is 0 Å². The first-order valence-electron chi connectivity index (χ1n) is 7.58. The Hall–Kier alpha value is -0.120. The molecule has 0 fully saturated rings. The van der Waals surface area contributed by atoms with Gasteiger partial charge in [-0.25, -0.2) is 0 Å². The van der Waals surface area contributed by atoms with Gasteiger partial charge in [0.2, 0.25) is 0 Å². The molecule has 0 atom stereocenters. The molecule has 0 aromatic rings. The standard InChI is InChI=1S/C15H35N3/c1-15(2)14-18(13-12-17(4)5)11-9-7-6-8-10-16-3/h15-16H,6-14H2,1-5H3. The van der Waals surface area contributed by atoms with Crippen LogP contribution in [0.25, 0.3) is 0 Å². The molecule has 0 aromatic heterocycles. The predicted molar refractivity (Wildman–Crippen MR) is 82.2 cm³/mol. The first kappa shape index (κ1) is 17.9. The summed E-state index contributed by atoms with van der Waals surface area (Å²) in [7, 11) is 6.35. The third-order valence-corrected chi connectivity index (χ3v) is 3.14. The van der Waals surface area contributed by atoms with Crippen molar-refractivity contribution in [2.24, 2.45) is 5.92 Å². The average Bonchev–Trinajstić information content (AvgIpc) is 2.29. The second-order valence-corrected chi connectivity index (χ2v) is 6.02. The van der Waals surface area contributed by atoms with Gasteiger partial charge in [0, 0.05) is 19.6 Å². The van der Waals surface area contributed by atoms with Gasteiger partial charge in [-0.15, -0.1) is 0 Å². The van der Waals surface area contributed by atoms with Crippen molar-refractivity contribution in [1.29, 1.82) is 0 Å². The molecule has 0 amide bonds. The van der Waals surface area contributed by atoms with Crippen LogP contribution < -0.4 is 5.32 Å². The Balaban J connectivity index is 3.65. The summed E-state index contributed by atoms with van der Waals surface area (Å²) in [5, 5.41) is 3.21. The van der Waals surface area contributed by atoms with E-state index in [9.17, 15) is 0 Å². The maximum atomic E-state index is 3.21. The van der Waals surface area contributed by atoms with Crippen molar-refractivity contribution < 1.29 is 0 Å². The van der Waals surface area contributed by atoms with Crippen molar-refractivity contribution >= 4 is 0 Å². The second kappa shape index (κ2) is 11.9. The van der Waals surface area contributed by atoms with Crippen molar-refractivity contribution in [2.75, 3.05) is 53.9 Å². The molecule has 0 saturated carbocycles. The van der Waals surface area contributed by atoms with Crippen LogP contribution in [0.4, 0.5) is 0 Å². The molecule has 0 bridgehead atoms. The second-order valence-electron chi connectivity index (χ2n) is 6.02. The predicted octanol–water partition coefficient (Wildman–Crippen LogP) is 2.29. The molecule has 0 aliphatic rings. The molecule has 3 heteroatoms. The number of nitrogens with one attached hydrogen (secondary N) is 1. The van der Waals surface area contributed by atoms with Crippen molar-refractivity contribution in [3.05, 3.63) is 0 Å². The fraction of sp³-hybridized carbons (Fsp3) is 1.00. The van der Waals surface area contributed by atoms with Crippen molar-refractivity contribution in [3.8, 4) is 0 Å². The molecule has 110 valence electrons. The lowest BCUT2D eigenvalue weighted by atomic mass is 10.1. The summed E-state index contributed by atoms with van der Waals surface area (Å²) in [6, 6.07) is 0. The molecule has 3 nitrogen and oxygen atoms in total. The Morgan fingerprint density at radius 3 is 2.11 bits per heavy atom. The number of unbranched alkanes of at least 4 members (excludes halogenated alkanes) is 3. The smallest absolute Gasteiger partial charge is 0.0109 e. The van der Waals surface area contributed by atoms with E-state index in [1.54, 1.807) is 0 Å². The molecule has 0 heterocycles. The molecule has 0 spiro atoms. The number of rotatable bonds is 12. The van der Waals surface area contributed by atoms with Crippen LogP contribution in [-0.4, -0.2) is 63.7 Å². The van der Waals surface area contributed by atoms with Gasteiger partial charge in [-0.3, -0.25) is 0 Å². The fourth-order valence-corrected chi connectivity index (χ4v) is 2.14. The minimum Gasteiger partial charge on any atom is -0.320 e. The monoisotopic (exact) mass is 257 g/mol. The minimum absolute atomic E-state index is 0.774. The lowest BCUT2D eigenvalue weighted by Crippen LogP contribution is -2.35. The molecule has 18 heavy (non-hydrogen) atoms. The van der Waals surface area contributed by atoms with Gasteiger partial charge in [0.05, 0.1) is 0 Å². The maximum Gasteiger partial charge on any atom is 0.0109 e. The van der Waals surface area contributed by atoms with Crippen LogP contribution in [0.2, 0.25) is 0 Å². The molecule has 0 aromatic carbocycles. The van der Waals surface area contributed by atoms with Crippen LogP contribution in [0, 0.1) is 5.92 Å². The lowest BCUT2D eigenvalue weighted by molar-refractivity contribution is 0.215. The zero-order valence-corrected chi connectivity index (χ0v) is 13.3. The van der Waals surface area contributed by atoms with Crippen molar-refractivity contribution in [3.63, 3.8) is 0 Å².